The van der Waals surface area contributed by atoms with Crippen molar-refractivity contribution >= 4 is 27.5 Å². The Morgan fingerprint density at radius 3 is 2.22 bits per heavy atom. The lowest BCUT2D eigenvalue weighted by Crippen LogP contribution is -2.54. The Morgan fingerprint density at radius 2 is 1.61 bits per heavy atom. The van der Waals surface area contributed by atoms with Crippen molar-refractivity contribution in [3.05, 3.63) is 65.7 Å². The van der Waals surface area contributed by atoms with Crippen molar-refractivity contribution in [1.82, 2.24) is 10.2 Å². The van der Waals surface area contributed by atoms with Gasteiger partial charge < -0.3 is 10.2 Å². The van der Waals surface area contributed by atoms with Gasteiger partial charge in [-0.2, -0.15) is 0 Å². The Kier molecular flexibility index (Phi) is 9.93. The number of benzene rings is 2. The number of aryl methyl sites for hydroxylation is 1. The molecule has 2 aromatic carbocycles. The number of hydrogen-bond donors (Lipinski definition) is 1. The summed E-state index contributed by atoms with van der Waals surface area (Å²) in [4.78, 5) is 28.8. The van der Waals surface area contributed by atoms with Gasteiger partial charge in [0, 0.05) is 12.6 Å². The van der Waals surface area contributed by atoms with E-state index in [1.165, 1.54) is 6.42 Å². The molecule has 1 atom stereocenters. The molecular weight excluding hydrogens is 474 g/mol. The van der Waals surface area contributed by atoms with Gasteiger partial charge in [-0.15, -0.1) is 0 Å². The molecule has 8 heteroatoms. The molecule has 1 saturated carbocycles. The van der Waals surface area contributed by atoms with Crippen LogP contribution in [0.4, 0.5) is 5.69 Å². The molecule has 0 aliphatic heterocycles. The molecule has 1 N–H and O–H groups in total. The van der Waals surface area contributed by atoms with Crippen LogP contribution in [0.15, 0.2) is 54.6 Å². The summed E-state index contributed by atoms with van der Waals surface area (Å²) in [7, 11) is -3.74. The number of hydrogen-bond acceptors (Lipinski definition) is 4. The molecule has 0 aromatic heterocycles. The van der Waals surface area contributed by atoms with Crippen LogP contribution in [0.2, 0.25) is 0 Å². The summed E-state index contributed by atoms with van der Waals surface area (Å²) >= 11 is 0. The first-order chi connectivity index (χ1) is 17.2. The summed E-state index contributed by atoms with van der Waals surface area (Å²) < 4.78 is 26.8. The normalized spacial score (nSPS) is 15.2. The van der Waals surface area contributed by atoms with Crippen LogP contribution in [0.1, 0.15) is 63.5 Å². The zero-order valence-corrected chi connectivity index (χ0v) is 22.5. The molecule has 7 nitrogen and oxygen atoms in total. The standard InChI is InChI=1S/C28H39N3O4S/c1-4-23-16-12-13-19-26(23)31(36(3,34)35)21-27(32)30(20-22-14-8-6-9-15-22)25(5-2)28(33)29-24-17-10-7-11-18-24/h6,8-9,12-16,19,24-25H,4-5,7,10-11,17-18,20-21H2,1-3H3,(H,29,33). The molecule has 1 aliphatic rings. The number of nitrogens with one attached hydrogen (secondary N) is 1. The molecule has 2 aromatic rings. The zero-order chi connectivity index (χ0) is 26.1. The molecule has 36 heavy (non-hydrogen) atoms. The highest BCUT2D eigenvalue weighted by molar-refractivity contribution is 7.92. The van der Waals surface area contributed by atoms with E-state index in [1.807, 2.05) is 56.3 Å². The van der Waals surface area contributed by atoms with Crippen molar-refractivity contribution in [1.29, 1.82) is 0 Å². The Balaban J connectivity index is 1.91. The lowest BCUT2D eigenvalue weighted by Gasteiger charge is -2.34. The third-order valence-corrected chi connectivity index (χ3v) is 7.98. The predicted molar refractivity (Wildman–Crippen MR) is 144 cm³/mol. The zero-order valence-electron chi connectivity index (χ0n) is 21.7. The SMILES string of the molecule is CCc1ccccc1N(CC(=O)N(Cc1ccccc1)C(CC)C(=O)NC1CCCCC1)S(C)(=O)=O. The van der Waals surface area contributed by atoms with Crippen molar-refractivity contribution in [3.8, 4) is 0 Å². The molecule has 0 bridgehead atoms. The number of amides is 2. The van der Waals surface area contributed by atoms with Crippen LogP contribution in [0.25, 0.3) is 0 Å². The molecular formula is C28H39N3O4S. The quantitative estimate of drug-likeness (QED) is 0.486. The fourth-order valence-corrected chi connectivity index (χ4v) is 5.77. The minimum absolute atomic E-state index is 0.123. The minimum atomic E-state index is -3.74. The maximum absolute atomic E-state index is 13.8. The van der Waals surface area contributed by atoms with E-state index < -0.39 is 22.0 Å². The van der Waals surface area contributed by atoms with Gasteiger partial charge in [-0.3, -0.25) is 13.9 Å². The van der Waals surface area contributed by atoms with E-state index in [-0.39, 0.29) is 25.0 Å². The second kappa shape index (κ2) is 12.9. The van der Waals surface area contributed by atoms with E-state index in [2.05, 4.69) is 5.32 Å². The topological polar surface area (TPSA) is 86.8 Å². The van der Waals surface area contributed by atoms with E-state index in [0.29, 0.717) is 18.5 Å². The monoisotopic (exact) mass is 513 g/mol. The summed E-state index contributed by atoms with van der Waals surface area (Å²) in [5.74, 6) is -0.575. The minimum Gasteiger partial charge on any atom is -0.352 e. The summed E-state index contributed by atoms with van der Waals surface area (Å²) in [6, 6.07) is 16.1. The maximum Gasteiger partial charge on any atom is 0.244 e. The van der Waals surface area contributed by atoms with Gasteiger partial charge in [0.15, 0.2) is 0 Å². The third-order valence-electron chi connectivity index (χ3n) is 6.85. The van der Waals surface area contributed by atoms with Gasteiger partial charge in [0.05, 0.1) is 11.9 Å². The molecule has 3 rings (SSSR count). The van der Waals surface area contributed by atoms with Crippen molar-refractivity contribution < 1.29 is 18.0 Å². The lowest BCUT2D eigenvalue weighted by atomic mass is 9.95. The molecule has 196 valence electrons. The Labute approximate surface area is 215 Å². The molecule has 1 aliphatic carbocycles. The fraction of sp³-hybridized carbons (Fsp3) is 0.500. The van der Waals surface area contributed by atoms with Gasteiger partial charge in [0.25, 0.3) is 0 Å². The summed E-state index contributed by atoms with van der Waals surface area (Å²) in [5, 5.41) is 3.16. The van der Waals surface area contributed by atoms with Crippen molar-refractivity contribution in [3.63, 3.8) is 0 Å². The van der Waals surface area contributed by atoms with Crippen molar-refractivity contribution in [2.45, 2.75) is 77.4 Å². The first-order valence-corrected chi connectivity index (χ1v) is 14.8. The number of anilines is 1. The van der Waals surface area contributed by atoms with E-state index >= 15 is 0 Å². The predicted octanol–water partition coefficient (Wildman–Crippen LogP) is 4.27. The average Bonchev–Trinajstić information content (AvgIpc) is 2.87. The van der Waals surface area contributed by atoms with Crippen LogP contribution in [0.3, 0.4) is 0 Å². The first-order valence-electron chi connectivity index (χ1n) is 12.9. The van der Waals surface area contributed by atoms with Crippen LogP contribution >= 0.6 is 0 Å². The van der Waals surface area contributed by atoms with Crippen LogP contribution < -0.4 is 9.62 Å². The van der Waals surface area contributed by atoms with E-state index in [1.54, 1.807) is 17.0 Å². The van der Waals surface area contributed by atoms with Gasteiger partial charge in [0.1, 0.15) is 12.6 Å². The van der Waals surface area contributed by atoms with Crippen molar-refractivity contribution in [2.24, 2.45) is 0 Å². The molecule has 2 amide bonds. The Bertz CT molecular complexity index is 1110. The number of carbonyl (C=O) groups is 2. The van der Waals surface area contributed by atoms with Gasteiger partial charge in [-0.1, -0.05) is 81.6 Å². The summed E-state index contributed by atoms with van der Waals surface area (Å²) in [5.41, 5.74) is 2.22. The maximum atomic E-state index is 13.8. The Hall–Kier alpha value is -2.87. The highest BCUT2D eigenvalue weighted by atomic mass is 32.2. The lowest BCUT2D eigenvalue weighted by molar-refractivity contribution is -0.140. The largest absolute Gasteiger partial charge is 0.352 e. The molecule has 0 saturated heterocycles. The highest BCUT2D eigenvalue weighted by Gasteiger charge is 2.33. The molecule has 1 unspecified atom stereocenters. The van der Waals surface area contributed by atoms with Gasteiger partial charge in [-0.05, 0) is 42.9 Å². The number of sulfonamides is 1. The molecule has 0 spiro atoms. The molecule has 1 fully saturated rings. The van der Waals surface area contributed by atoms with Crippen LogP contribution in [-0.2, 0) is 32.6 Å². The number of nitrogens with zero attached hydrogens (tertiary/aromatic N) is 2. The van der Waals surface area contributed by atoms with Gasteiger partial charge >= 0.3 is 0 Å². The number of para-hydroxylation sites is 1. The van der Waals surface area contributed by atoms with Gasteiger partial charge in [-0.25, -0.2) is 8.42 Å². The first kappa shape index (κ1) is 27.7. The summed E-state index contributed by atoms with van der Waals surface area (Å²) in [6.45, 7) is 3.70. The Morgan fingerprint density at radius 1 is 0.972 bits per heavy atom. The van der Waals surface area contributed by atoms with E-state index in [0.717, 1.165) is 47.4 Å². The van der Waals surface area contributed by atoms with E-state index in [4.69, 9.17) is 0 Å². The smallest absolute Gasteiger partial charge is 0.244 e. The van der Waals surface area contributed by atoms with E-state index in [9.17, 15) is 18.0 Å². The second-order valence-electron chi connectivity index (χ2n) is 9.53. The summed E-state index contributed by atoms with van der Waals surface area (Å²) in [6.07, 6.45) is 7.44. The second-order valence-corrected chi connectivity index (χ2v) is 11.4. The number of carbonyl (C=O) groups excluding carboxylic acids is 2. The fourth-order valence-electron chi connectivity index (χ4n) is 4.89. The van der Waals surface area contributed by atoms with Gasteiger partial charge in [0.2, 0.25) is 21.8 Å². The highest BCUT2D eigenvalue weighted by Crippen LogP contribution is 2.25. The molecule has 0 radical (unpaired) electrons. The number of rotatable bonds is 11. The van der Waals surface area contributed by atoms with Crippen molar-refractivity contribution in [2.75, 3.05) is 17.1 Å². The van der Waals surface area contributed by atoms with Crippen LogP contribution in [-0.4, -0.2) is 50.0 Å². The van der Waals surface area contributed by atoms with Crippen LogP contribution in [0, 0.1) is 0 Å². The third kappa shape index (κ3) is 7.32. The van der Waals surface area contributed by atoms with Crippen LogP contribution in [0.5, 0.6) is 0 Å². The average molecular weight is 514 g/mol. The molecule has 0 heterocycles.